The van der Waals surface area contributed by atoms with Gasteiger partial charge in [-0.1, -0.05) is 11.3 Å². The summed E-state index contributed by atoms with van der Waals surface area (Å²) in [5.41, 5.74) is -1.94. The van der Waals surface area contributed by atoms with E-state index in [1.54, 1.807) is 27.7 Å². The van der Waals surface area contributed by atoms with Crippen molar-refractivity contribution in [2.75, 3.05) is 5.32 Å². The summed E-state index contributed by atoms with van der Waals surface area (Å²) in [7, 11) is 0. The number of nitrogens with one attached hydrogen (secondary N) is 1. The molecule has 2 N–H and O–H groups in total. The Balaban J connectivity index is 2.87. The molecule has 0 unspecified atom stereocenters. The summed E-state index contributed by atoms with van der Waals surface area (Å²) >= 11 is 0.413. The van der Waals surface area contributed by atoms with E-state index in [1.165, 1.54) is 0 Å². The molecule has 4 nitrogen and oxygen atoms in total. The van der Waals surface area contributed by atoms with Crippen molar-refractivity contribution in [1.29, 1.82) is 0 Å². The van der Waals surface area contributed by atoms with E-state index in [-0.39, 0.29) is 5.13 Å². The maximum Gasteiger partial charge on any atom is 0.445 e. The summed E-state index contributed by atoms with van der Waals surface area (Å²) in [5.74, 6) is 0. The summed E-state index contributed by atoms with van der Waals surface area (Å²) < 4.78 is 36.9. The van der Waals surface area contributed by atoms with Crippen LogP contribution in [-0.2, 0) is 6.18 Å². The highest BCUT2D eigenvalue weighted by Gasteiger charge is 2.38. The van der Waals surface area contributed by atoms with Crippen LogP contribution in [0.1, 0.15) is 32.7 Å². The molecule has 0 aromatic carbocycles. The third-order valence-corrected chi connectivity index (χ3v) is 3.50. The fraction of sp³-hybridized carbons (Fsp3) is 0.778. The maximum absolute atomic E-state index is 12.3. The van der Waals surface area contributed by atoms with Gasteiger partial charge in [-0.25, -0.2) is 0 Å². The summed E-state index contributed by atoms with van der Waals surface area (Å²) in [6.07, 6.45) is -4.49. The van der Waals surface area contributed by atoms with E-state index < -0.39 is 22.3 Å². The molecule has 0 spiro atoms. The van der Waals surface area contributed by atoms with Crippen molar-refractivity contribution in [2.45, 2.75) is 45.0 Å². The number of aromatic nitrogens is 2. The molecule has 0 aliphatic heterocycles. The first kappa shape index (κ1) is 14.2. The SMILES string of the molecule is CC(C)(O)C(C)(C)Nc1nnc(C(F)(F)F)s1. The Hall–Kier alpha value is -0.890. The number of aliphatic hydroxyl groups is 1. The van der Waals surface area contributed by atoms with Crippen molar-refractivity contribution < 1.29 is 18.3 Å². The van der Waals surface area contributed by atoms with Crippen LogP contribution in [0.25, 0.3) is 0 Å². The molecule has 0 saturated heterocycles. The predicted molar refractivity (Wildman–Crippen MR) is 58.9 cm³/mol. The molecule has 0 fully saturated rings. The van der Waals surface area contributed by atoms with Gasteiger partial charge in [-0.05, 0) is 27.7 Å². The zero-order valence-electron chi connectivity index (χ0n) is 9.88. The van der Waals surface area contributed by atoms with Gasteiger partial charge in [0.1, 0.15) is 0 Å². The Labute approximate surface area is 101 Å². The van der Waals surface area contributed by atoms with Crippen LogP contribution in [0.4, 0.5) is 18.3 Å². The molecule has 0 radical (unpaired) electrons. The van der Waals surface area contributed by atoms with Gasteiger partial charge in [0.25, 0.3) is 0 Å². The average Bonchev–Trinajstić information content (AvgIpc) is 2.48. The van der Waals surface area contributed by atoms with Crippen LogP contribution in [0.5, 0.6) is 0 Å². The van der Waals surface area contributed by atoms with Crippen LogP contribution in [0.3, 0.4) is 0 Å². The van der Waals surface area contributed by atoms with Gasteiger partial charge >= 0.3 is 6.18 Å². The largest absolute Gasteiger partial charge is 0.445 e. The number of nitrogens with zero attached hydrogens (tertiary/aromatic N) is 2. The van der Waals surface area contributed by atoms with Crippen molar-refractivity contribution in [3.63, 3.8) is 0 Å². The van der Waals surface area contributed by atoms with Gasteiger partial charge in [-0.15, -0.1) is 10.2 Å². The summed E-state index contributed by atoms with van der Waals surface area (Å²) in [6, 6.07) is 0. The van der Waals surface area contributed by atoms with Crippen molar-refractivity contribution in [2.24, 2.45) is 0 Å². The second kappa shape index (κ2) is 4.09. The van der Waals surface area contributed by atoms with Crippen molar-refractivity contribution in [3.8, 4) is 0 Å². The zero-order chi connectivity index (χ0) is 13.5. The first-order valence-electron chi connectivity index (χ1n) is 4.85. The van der Waals surface area contributed by atoms with Crippen LogP contribution in [0.2, 0.25) is 0 Å². The van der Waals surface area contributed by atoms with Crippen molar-refractivity contribution in [1.82, 2.24) is 10.2 Å². The van der Waals surface area contributed by atoms with E-state index in [0.717, 1.165) is 0 Å². The molecular formula is C9H14F3N3OS. The number of alkyl halides is 3. The van der Waals surface area contributed by atoms with Crippen LogP contribution in [-0.4, -0.2) is 26.4 Å². The average molecular weight is 269 g/mol. The first-order chi connectivity index (χ1) is 7.43. The molecule has 1 aromatic rings. The Morgan fingerprint density at radius 2 is 1.65 bits per heavy atom. The van der Waals surface area contributed by atoms with E-state index in [1.807, 2.05) is 0 Å². The highest BCUT2D eigenvalue weighted by Crippen LogP contribution is 2.35. The third-order valence-electron chi connectivity index (χ3n) is 2.62. The number of halogens is 3. The number of hydrogen-bond acceptors (Lipinski definition) is 5. The minimum absolute atomic E-state index is 0.0319. The van der Waals surface area contributed by atoms with Gasteiger partial charge in [0, 0.05) is 0 Å². The fourth-order valence-electron chi connectivity index (χ4n) is 0.809. The van der Waals surface area contributed by atoms with E-state index >= 15 is 0 Å². The lowest BCUT2D eigenvalue weighted by molar-refractivity contribution is -0.138. The number of anilines is 1. The first-order valence-corrected chi connectivity index (χ1v) is 5.66. The molecule has 0 amide bonds. The molecule has 0 saturated carbocycles. The second-order valence-electron chi connectivity index (χ2n) is 4.72. The van der Waals surface area contributed by atoms with Gasteiger partial charge in [-0.3, -0.25) is 0 Å². The molecule has 17 heavy (non-hydrogen) atoms. The minimum Gasteiger partial charge on any atom is -0.388 e. The Bertz CT molecular complexity index is 395. The molecular weight excluding hydrogens is 255 g/mol. The maximum atomic E-state index is 12.3. The van der Waals surface area contributed by atoms with Gasteiger partial charge in [-0.2, -0.15) is 13.2 Å². The summed E-state index contributed by atoms with van der Waals surface area (Å²) in [6.45, 7) is 6.46. The molecule has 8 heteroatoms. The van der Waals surface area contributed by atoms with E-state index in [2.05, 4.69) is 15.5 Å². The third kappa shape index (κ3) is 3.29. The van der Waals surface area contributed by atoms with Crippen molar-refractivity contribution in [3.05, 3.63) is 5.01 Å². The molecule has 98 valence electrons. The van der Waals surface area contributed by atoms with Crippen LogP contribution in [0, 0.1) is 0 Å². The smallest absolute Gasteiger partial charge is 0.388 e. The van der Waals surface area contributed by atoms with Gasteiger partial charge in [0.05, 0.1) is 11.1 Å². The highest BCUT2D eigenvalue weighted by atomic mass is 32.1. The van der Waals surface area contributed by atoms with Crippen LogP contribution < -0.4 is 5.32 Å². The highest BCUT2D eigenvalue weighted by molar-refractivity contribution is 7.15. The quantitative estimate of drug-likeness (QED) is 0.885. The Kier molecular flexibility index (Phi) is 3.41. The lowest BCUT2D eigenvalue weighted by atomic mass is 9.86. The standard InChI is InChI=1S/C9H14F3N3OS/c1-7(2,8(3,4)16)13-6-15-14-5(17-6)9(10,11)12/h16H,1-4H3,(H,13,15). The van der Waals surface area contributed by atoms with E-state index in [9.17, 15) is 18.3 Å². The molecule has 0 aliphatic carbocycles. The van der Waals surface area contributed by atoms with Gasteiger partial charge < -0.3 is 10.4 Å². The number of hydrogen-bond donors (Lipinski definition) is 2. The lowest BCUT2D eigenvalue weighted by Crippen LogP contribution is -2.51. The molecule has 0 atom stereocenters. The van der Waals surface area contributed by atoms with Crippen LogP contribution >= 0.6 is 11.3 Å². The summed E-state index contributed by atoms with van der Waals surface area (Å²) in [5, 5.41) is 18.1. The van der Waals surface area contributed by atoms with Crippen molar-refractivity contribution >= 4 is 16.5 Å². The monoisotopic (exact) mass is 269 g/mol. The van der Waals surface area contributed by atoms with Crippen LogP contribution in [0.15, 0.2) is 0 Å². The molecule has 0 aliphatic rings. The Morgan fingerprint density at radius 3 is 2.00 bits per heavy atom. The topological polar surface area (TPSA) is 58.0 Å². The van der Waals surface area contributed by atoms with Gasteiger partial charge in [0.15, 0.2) is 0 Å². The predicted octanol–water partition coefficient (Wildman–Crippen LogP) is 2.52. The molecule has 0 bridgehead atoms. The molecule has 1 heterocycles. The van der Waals surface area contributed by atoms with E-state index in [0.29, 0.717) is 11.3 Å². The Morgan fingerprint density at radius 1 is 1.12 bits per heavy atom. The molecule has 1 rings (SSSR count). The minimum atomic E-state index is -4.49. The molecule has 1 aromatic heterocycles. The second-order valence-corrected chi connectivity index (χ2v) is 5.70. The van der Waals surface area contributed by atoms with Gasteiger partial charge in [0.2, 0.25) is 10.1 Å². The van der Waals surface area contributed by atoms with E-state index in [4.69, 9.17) is 0 Å². The summed E-state index contributed by atoms with van der Waals surface area (Å²) in [4.78, 5) is 0. The normalized spacial score (nSPS) is 13.9. The lowest BCUT2D eigenvalue weighted by Gasteiger charge is -2.37. The fourth-order valence-corrected chi connectivity index (χ4v) is 1.58. The number of rotatable bonds is 3. The zero-order valence-corrected chi connectivity index (χ0v) is 10.7.